The molecule has 1 aliphatic rings. The summed E-state index contributed by atoms with van der Waals surface area (Å²) in [6.45, 7) is 1.03. The van der Waals surface area contributed by atoms with Crippen LogP contribution in [0.3, 0.4) is 0 Å². The zero-order valence-corrected chi connectivity index (χ0v) is 6.85. The van der Waals surface area contributed by atoms with Gasteiger partial charge in [0.15, 0.2) is 0 Å². The van der Waals surface area contributed by atoms with Gasteiger partial charge in [-0.15, -0.1) is 0 Å². The van der Waals surface area contributed by atoms with Crippen molar-refractivity contribution >= 4 is 7.25 Å². The Morgan fingerprint density at radius 3 is 1.42 bits per heavy atom. The number of rotatable bonds is 0. The van der Waals surface area contributed by atoms with Crippen molar-refractivity contribution in [3.8, 4) is 0 Å². The maximum absolute atomic E-state index is 9.75. The van der Waals surface area contributed by atoms with Crippen molar-refractivity contribution in [3.63, 3.8) is 0 Å². The lowest BCUT2D eigenvalue weighted by molar-refractivity contribution is 0.340. The van der Waals surface area contributed by atoms with Crippen LogP contribution in [-0.2, 0) is 0 Å². The normalized spacial score (nSPS) is 16.2. The molecule has 0 aromatic carbocycles. The Morgan fingerprint density at radius 1 is 1.08 bits per heavy atom. The predicted octanol–water partition coefficient (Wildman–Crippen LogP) is 1.70. The monoisotopic (exact) mass is 186 g/mol. The first kappa shape index (κ1) is 11.1. The number of hydrogen-bond donors (Lipinski definition) is 0. The van der Waals surface area contributed by atoms with E-state index in [1.54, 1.807) is 0 Å². The second kappa shape index (κ2) is 4.23. The minimum atomic E-state index is -6.00. The molecule has 0 aromatic heterocycles. The average Bonchev–Trinajstić information content (AvgIpc) is 2.09. The summed E-state index contributed by atoms with van der Waals surface area (Å²) < 4.78 is 39.0. The standard InChI is InChI=1S/C5H10N2.BF4/c1-6-3-4-7(2)5-6;2-1(3,4)5/h3-4H,5H2,1-2H3;/q;-1/p+1. The van der Waals surface area contributed by atoms with Crippen molar-refractivity contribution in [2.45, 2.75) is 0 Å². The van der Waals surface area contributed by atoms with E-state index >= 15 is 0 Å². The first-order valence-electron chi connectivity index (χ1n) is 3.25. The van der Waals surface area contributed by atoms with E-state index in [1.807, 2.05) is 0 Å². The average molecular weight is 186 g/mol. The van der Waals surface area contributed by atoms with Crippen LogP contribution in [0.25, 0.3) is 0 Å². The van der Waals surface area contributed by atoms with Crippen LogP contribution in [0, 0.1) is 0 Å². The highest BCUT2D eigenvalue weighted by atomic mass is 19.5. The Labute approximate surface area is 70.0 Å². The van der Waals surface area contributed by atoms with Crippen LogP contribution in [0.15, 0.2) is 12.4 Å². The summed E-state index contributed by atoms with van der Waals surface area (Å²) in [5, 5.41) is 0. The maximum Gasteiger partial charge on any atom is 1.00 e. The molecule has 2 nitrogen and oxygen atoms in total. The molecule has 0 fully saturated rings. The summed E-state index contributed by atoms with van der Waals surface area (Å²) in [4.78, 5) is 4.25. The highest BCUT2D eigenvalue weighted by molar-refractivity contribution is 6.50. The summed E-state index contributed by atoms with van der Waals surface area (Å²) in [5.74, 6) is 0. The fourth-order valence-electron chi connectivity index (χ4n) is 0.674. The molecule has 7 heteroatoms. The maximum atomic E-state index is 9.75. The Hall–Kier alpha value is -0.875. The molecule has 72 valence electrons. The van der Waals surface area contributed by atoms with E-state index < -0.39 is 7.25 Å². The Balaban J connectivity index is 0. The van der Waals surface area contributed by atoms with Crippen LogP contribution in [-0.4, -0.2) is 37.8 Å². The molecule has 1 rings (SSSR count). The molecule has 0 bridgehead atoms. The molecule has 0 N–H and O–H groups in total. The van der Waals surface area contributed by atoms with Crippen LogP contribution < -0.4 is 0 Å². The van der Waals surface area contributed by atoms with Gasteiger partial charge in [-0.3, -0.25) is 0 Å². The molecule has 1 heterocycles. The summed E-state index contributed by atoms with van der Waals surface area (Å²) >= 11 is 0. The van der Waals surface area contributed by atoms with Crippen molar-refractivity contribution < 1.29 is 18.7 Å². The van der Waals surface area contributed by atoms with Gasteiger partial charge in [0.2, 0.25) is 0 Å². The highest BCUT2D eigenvalue weighted by Crippen LogP contribution is 2.06. The Morgan fingerprint density at radius 2 is 1.33 bits per heavy atom. The Kier molecular flexibility index (Phi) is 3.92. The second-order valence-corrected chi connectivity index (χ2v) is 2.45. The quantitative estimate of drug-likeness (QED) is 0.419. The molecule has 1 aliphatic heterocycles. The molecular formula is C5H11BF4N2. The zero-order chi connectivity index (χ0) is 9.78. The van der Waals surface area contributed by atoms with E-state index in [-0.39, 0.29) is 1.43 Å². The van der Waals surface area contributed by atoms with Gasteiger partial charge >= 0.3 is 8.68 Å². The van der Waals surface area contributed by atoms with Crippen LogP contribution >= 0.6 is 0 Å². The smallest absolute Gasteiger partial charge is 0.418 e. The third-order valence-corrected chi connectivity index (χ3v) is 1.02. The third-order valence-electron chi connectivity index (χ3n) is 1.02. The summed E-state index contributed by atoms with van der Waals surface area (Å²) in [6.07, 6.45) is 4.11. The van der Waals surface area contributed by atoms with Crippen molar-refractivity contribution in [1.82, 2.24) is 9.80 Å². The van der Waals surface area contributed by atoms with E-state index in [4.69, 9.17) is 0 Å². The van der Waals surface area contributed by atoms with Crippen LogP contribution in [0.1, 0.15) is 1.43 Å². The SMILES string of the molecule is CN1C=CN(C)C1.F[B-](F)(F)F.[H+]. The minimum absolute atomic E-state index is 0. The fourth-order valence-corrected chi connectivity index (χ4v) is 0.674. The van der Waals surface area contributed by atoms with Crippen LogP contribution in [0.2, 0.25) is 0 Å². The second-order valence-electron chi connectivity index (χ2n) is 2.45. The predicted molar refractivity (Wildman–Crippen MR) is 40.8 cm³/mol. The van der Waals surface area contributed by atoms with Gasteiger partial charge in [-0.25, -0.2) is 0 Å². The lowest BCUT2D eigenvalue weighted by Gasteiger charge is -2.10. The molecule has 0 unspecified atom stereocenters. The molecule has 0 atom stereocenters. The Bertz CT molecular complexity index is 147. The molecule has 0 saturated heterocycles. The van der Waals surface area contributed by atoms with Gasteiger partial charge in [0.25, 0.3) is 0 Å². The topological polar surface area (TPSA) is 6.48 Å². The van der Waals surface area contributed by atoms with Crippen molar-refractivity contribution in [3.05, 3.63) is 12.4 Å². The van der Waals surface area contributed by atoms with E-state index in [0.717, 1.165) is 6.67 Å². The van der Waals surface area contributed by atoms with Crippen LogP contribution in [0.4, 0.5) is 17.3 Å². The third kappa shape index (κ3) is 9.12. The summed E-state index contributed by atoms with van der Waals surface area (Å²) in [5.41, 5.74) is 0. The van der Waals surface area contributed by atoms with E-state index in [9.17, 15) is 17.3 Å². The molecule has 0 radical (unpaired) electrons. The molecule has 0 amide bonds. The minimum Gasteiger partial charge on any atom is -0.418 e. The lowest BCUT2D eigenvalue weighted by atomic mass is 10.3. The number of nitrogens with zero attached hydrogens (tertiary/aromatic N) is 2. The van der Waals surface area contributed by atoms with E-state index in [1.165, 1.54) is 0 Å². The summed E-state index contributed by atoms with van der Waals surface area (Å²) in [6, 6.07) is 0. The van der Waals surface area contributed by atoms with Crippen molar-refractivity contribution in [2.75, 3.05) is 20.8 Å². The number of halogens is 4. The first-order valence-corrected chi connectivity index (χ1v) is 3.25. The molecular weight excluding hydrogens is 175 g/mol. The fraction of sp³-hybridized carbons (Fsp3) is 0.600. The molecule has 0 aliphatic carbocycles. The molecule has 0 saturated carbocycles. The first-order chi connectivity index (χ1) is 5.29. The number of hydrogen-bond acceptors (Lipinski definition) is 2. The molecule has 0 aromatic rings. The van der Waals surface area contributed by atoms with Gasteiger partial charge in [0, 0.05) is 26.5 Å². The van der Waals surface area contributed by atoms with Gasteiger partial charge < -0.3 is 27.1 Å². The van der Waals surface area contributed by atoms with E-state index in [2.05, 4.69) is 36.3 Å². The largest absolute Gasteiger partial charge is 1.00 e. The van der Waals surface area contributed by atoms with Gasteiger partial charge in [-0.05, 0) is 0 Å². The van der Waals surface area contributed by atoms with Crippen LogP contribution in [0.5, 0.6) is 0 Å². The summed E-state index contributed by atoms with van der Waals surface area (Å²) in [7, 11) is -1.89. The van der Waals surface area contributed by atoms with Gasteiger partial charge in [-0.1, -0.05) is 0 Å². The van der Waals surface area contributed by atoms with Gasteiger partial charge in [0.05, 0.1) is 6.67 Å². The van der Waals surface area contributed by atoms with Gasteiger partial charge in [-0.2, -0.15) is 0 Å². The van der Waals surface area contributed by atoms with Crippen molar-refractivity contribution in [1.29, 1.82) is 0 Å². The van der Waals surface area contributed by atoms with E-state index in [0.29, 0.717) is 0 Å². The lowest BCUT2D eigenvalue weighted by Crippen LogP contribution is -2.17. The molecule has 0 spiro atoms. The zero-order valence-electron chi connectivity index (χ0n) is 7.85. The van der Waals surface area contributed by atoms with Crippen molar-refractivity contribution in [2.24, 2.45) is 0 Å². The van der Waals surface area contributed by atoms with Gasteiger partial charge in [0.1, 0.15) is 0 Å². The molecule has 12 heavy (non-hydrogen) atoms. The highest BCUT2D eigenvalue weighted by Gasteiger charge is 2.20.